The summed E-state index contributed by atoms with van der Waals surface area (Å²) in [6, 6.07) is 1.96. The van der Waals surface area contributed by atoms with E-state index in [-0.39, 0.29) is 11.6 Å². The molecular formula is C19H19F3N4O. The van der Waals surface area contributed by atoms with E-state index in [1.54, 1.807) is 15.8 Å². The van der Waals surface area contributed by atoms with Crippen LogP contribution >= 0.6 is 0 Å². The first-order chi connectivity index (χ1) is 13.0. The van der Waals surface area contributed by atoms with E-state index in [2.05, 4.69) is 10.4 Å². The Morgan fingerprint density at radius 3 is 2.74 bits per heavy atom. The van der Waals surface area contributed by atoms with E-state index >= 15 is 0 Å². The molecule has 1 aromatic heterocycles. The van der Waals surface area contributed by atoms with Crippen LogP contribution in [0.3, 0.4) is 0 Å². The minimum absolute atomic E-state index is 0.0605. The number of carbonyl (C=O) groups is 1. The molecule has 1 N–H and O–H groups in total. The predicted octanol–water partition coefficient (Wildman–Crippen LogP) is 3.32. The highest BCUT2D eigenvalue weighted by Gasteiger charge is 2.32. The molecule has 2 amide bonds. The Hall–Kier alpha value is -2.77. The Balaban J connectivity index is 1.46. The summed E-state index contributed by atoms with van der Waals surface area (Å²) in [5.41, 5.74) is 2.60. The van der Waals surface area contributed by atoms with Crippen LogP contribution in [0.25, 0.3) is 5.57 Å². The van der Waals surface area contributed by atoms with Crippen LogP contribution in [0.2, 0.25) is 0 Å². The third-order valence-corrected chi connectivity index (χ3v) is 5.28. The van der Waals surface area contributed by atoms with Crippen molar-refractivity contribution in [2.24, 2.45) is 7.05 Å². The summed E-state index contributed by atoms with van der Waals surface area (Å²) in [7, 11) is 1.86. The van der Waals surface area contributed by atoms with Gasteiger partial charge in [0.2, 0.25) is 0 Å². The van der Waals surface area contributed by atoms with E-state index < -0.39 is 23.5 Å². The Labute approximate surface area is 154 Å². The van der Waals surface area contributed by atoms with Crippen molar-refractivity contribution in [2.45, 2.75) is 25.3 Å². The summed E-state index contributed by atoms with van der Waals surface area (Å²) < 4.78 is 42.9. The van der Waals surface area contributed by atoms with Crippen LogP contribution < -0.4 is 5.32 Å². The largest absolute Gasteiger partial charge is 0.331 e. The highest BCUT2D eigenvalue weighted by atomic mass is 19.2. The van der Waals surface area contributed by atoms with Gasteiger partial charge in [-0.15, -0.1) is 0 Å². The van der Waals surface area contributed by atoms with Gasteiger partial charge in [0.25, 0.3) is 0 Å². The van der Waals surface area contributed by atoms with E-state index in [4.69, 9.17) is 0 Å². The molecule has 0 fully saturated rings. The molecule has 0 saturated heterocycles. The van der Waals surface area contributed by atoms with Crippen LogP contribution in [0.15, 0.2) is 24.4 Å². The maximum Gasteiger partial charge on any atom is 0.318 e. The number of nitrogens with one attached hydrogen (secondary N) is 1. The average molecular weight is 376 g/mol. The fourth-order valence-electron chi connectivity index (χ4n) is 3.85. The zero-order valence-corrected chi connectivity index (χ0v) is 14.8. The van der Waals surface area contributed by atoms with Gasteiger partial charge in [0, 0.05) is 31.9 Å². The van der Waals surface area contributed by atoms with Crippen LogP contribution in [0, 0.1) is 17.5 Å². The molecule has 8 heteroatoms. The number of hydrogen-bond donors (Lipinski definition) is 1. The first kappa shape index (κ1) is 17.6. The van der Waals surface area contributed by atoms with Gasteiger partial charge in [-0.1, -0.05) is 6.08 Å². The second-order valence-electron chi connectivity index (χ2n) is 6.87. The molecule has 0 unspecified atom stereocenters. The molecule has 1 aromatic carbocycles. The van der Waals surface area contributed by atoms with Crippen molar-refractivity contribution < 1.29 is 18.0 Å². The van der Waals surface area contributed by atoms with Crippen molar-refractivity contribution in [3.8, 4) is 0 Å². The van der Waals surface area contributed by atoms with Gasteiger partial charge < -0.3 is 10.2 Å². The van der Waals surface area contributed by atoms with Gasteiger partial charge in [0.05, 0.1) is 11.7 Å². The molecule has 27 heavy (non-hydrogen) atoms. The zero-order valence-electron chi connectivity index (χ0n) is 14.8. The number of rotatable bonds is 2. The number of carbonyl (C=O) groups excluding carboxylic acids is 1. The zero-order chi connectivity index (χ0) is 19.1. The lowest BCUT2D eigenvalue weighted by atomic mass is 10.0. The number of halogens is 3. The second-order valence-corrected chi connectivity index (χ2v) is 6.87. The monoisotopic (exact) mass is 376 g/mol. The molecule has 0 spiro atoms. The maximum atomic E-state index is 14.2. The van der Waals surface area contributed by atoms with Gasteiger partial charge in [0.1, 0.15) is 0 Å². The number of aromatic nitrogens is 2. The number of fused-ring (bicyclic) bond motifs is 1. The smallest absolute Gasteiger partial charge is 0.318 e. The van der Waals surface area contributed by atoms with Crippen LogP contribution in [0.5, 0.6) is 0 Å². The number of hydrogen-bond acceptors (Lipinski definition) is 2. The summed E-state index contributed by atoms with van der Waals surface area (Å²) in [6.07, 6.45) is 5.20. The standard InChI is InChI=1S/C19H19F3N4O/c1-25-15(4-7-23-25)11-5-8-26(9-6-11)19(27)24-14-3-2-12-10-13(20)17(21)18(22)16(12)14/h4-5,7,10,14H,2-3,6,8-9H2,1H3,(H,24,27)/t14-/m0/s1. The fourth-order valence-corrected chi connectivity index (χ4v) is 3.85. The lowest BCUT2D eigenvalue weighted by Crippen LogP contribution is -2.43. The van der Waals surface area contributed by atoms with Gasteiger partial charge in [-0.3, -0.25) is 4.68 Å². The van der Waals surface area contributed by atoms with Gasteiger partial charge in [-0.05, 0) is 42.5 Å². The number of benzene rings is 1. The lowest BCUT2D eigenvalue weighted by Gasteiger charge is -2.28. The summed E-state index contributed by atoms with van der Waals surface area (Å²) in [5.74, 6) is -3.89. The molecule has 0 saturated carbocycles. The van der Waals surface area contributed by atoms with Gasteiger partial charge in [-0.2, -0.15) is 5.10 Å². The Bertz CT molecular complexity index is 937. The molecule has 1 aliphatic heterocycles. The SMILES string of the molecule is Cn1nccc1C1=CCN(C(=O)N[C@H]2CCc3cc(F)c(F)c(F)c32)CC1. The summed E-state index contributed by atoms with van der Waals surface area (Å²) in [5, 5.41) is 6.91. The fraction of sp³-hybridized carbons (Fsp3) is 0.368. The molecule has 0 radical (unpaired) electrons. The summed E-state index contributed by atoms with van der Waals surface area (Å²) in [4.78, 5) is 14.2. The van der Waals surface area contributed by atoms with Crippen molar-refractivity contribution in [2.75, 3.05) is 13.1 Å². The third kappa shape index (κ3) is 3.09. The normalized spacial score (nSPS) is 19.0. The van der Waals surface area contributed by atoms with E-state index in [9.17, 15) is 18.0 Å². The molecule has 142 valence electrons. The average Bonchev–Trinajstić information content (AvgIpc) is 3.26. The van der Waals surface area contributed by atoms with E-state index in [0.717, 1.165) is 17.3 Å². The number of amides is 2. The molecule has 2 aliphatic rings. The van der Waals surface area contributed by atoms with Crippen molar-refractivity contribution in [1.29, 1.82) is 0 Å². The summed E-state index contributed by atoms with van der Waals surface area (Å²) in [6.45, 7) is 0.939. The first-order valence-corrected chi connectivity index (χ1v) is 8.85. The third-order valence-electron chi connectivity index (χ3n) is 5.28. The minimum Gasteiger partial charge on any atom is -0.331 e. The van der Waals surface area contributed by atoms with Crippen molar-refractivity contribution in [1.82, 2.24) is 20.0 Å². The lowest BCUT2D eigenvalue weighted by molar-refractivity contribution is 0.198. The number of urea groups is 1. The van der Waals surface area contributed by atoms with Crippen molar-refractivity contribution >= 4 is 11.6 Å². The van der Waals surface area contributed by atoms with Crippen molar-refractivity contribution in [3.63, 3.8) is 0 Å². The van der Waals surface area contributed by atoms with E-state index in [1.165, 1.54) is 0 Å². The highest BCUT2D eigenvalue weighted by molar-refractivity contribution is 5.77. The molecule has 5 nitrogen and oxygen atoms in total. The molecule has 2 aromatic rings. The highest BCUT2D eigenvalue weighted by Crippen LogP contribution is 2.35. The molecule has 1 atom stereocenters. The predicted molar refractivity (Wildman–Crippen MR) is 93.3 cm³/mol. The van der Waals surface area contributed by atoms with Gasteiger partial charge in [-0.25, -0.2) is 18.0 Å². The van der Waals surface area contributed by atoms with E-state index in [1.807, 2.05) is 19.2 Å². The Kier molecular flexibility index (Phi) is 4.41. The summed E-state index contributed by atoms with van der Waals surface area (Å²) >= 11 is 0. The van der Waals surface area contributed by atoms with Crippen molar-refractivity contribution in [3.05, 3.63) is 58.7 Å². The molecular weight excluding hydrogens is 357 g/mol. The topological polar surface area (TPSA) is 50.2 Å². The molecule has 4 rings (SSSR count). The first-order valence-electron chi connectivity index (χ1n) is 8.85. The number of nitrogens with zero attached hydrogens (tertiary/aromatic N) is 3. The van der Waals surface area contributed by atoms with Gasteiger partial charge in [0.15, 0.2) is 17.5 Å². The van der Waals surface area contributed by atoms with E-state index in [0.29, 0.717) is 37.9 Å². The molecule has 2 heterocycles. The van der Waals surface area contributed by atoms with Gasteiger partial charge >= 0.3 is 6.03 Å². The molecule has 1 aliphatic carbocycles. The minimum atomic E-state index is -1.49. The van der Waals surface area contributed by atoms with Crippen LogP contribution in [-0.2, 0) is 13.5 Å². The number of aryl methyl sites for hydroxylation is 2. The molecule has 0 bridgehead atoms. The Morgan fingerprint density at radius 2 is 2.07 bits per heavy atom. The van der Waals surface area contributed by atoms with Crippen LogP contribution in [0.1, 0.15) is 35.7 Å². The quantitative estimate of drug-likeness (QED) is 0.818. The maximum absolute atomic E-state index is 14.2. The van der Waals surface area contributed by atoms with Crippen LogP contribution in [-0.4, -0.2) is 33.8 Å². The second kappa shape index (κ2) is 6.75. The van der Waals surface area contributed by atoms with Crippen LogP contribution in [0.4, 0.5) is 18.0 Å². The Morgan fingerprint density at radius 1 is 1.26 bits per heavy atom.